The predicted octanol–water partition coefficient (Wildman–Crippen LogP) is 3.63. The van der Waals surface area contributed by atoms with E-state index in [0.29, 0.717) is 29.5 Å². The summed E-state index contributed by atoms with van der Waals surface area (Å²) < 4.78 is 5.56. The summed E-state index contributed by atoms with van der Waals surface area (Å²) in [5, 5.41) is 24.1. The van der Waals surface area contributed by atoms with Crippen molar-refractivity contribution < 1.29 is 14.3 Å². The minimum absolute atomic E-state index is 0.00211. The number of nitrogens with one attached hydrogen (secondary N) is 5. The Morgan fingerprint density at radius 3 is 2.71 bits per heavy atom. The molecule has 0 saturated carbocycles. The van der Waals surface area contributed by atoms with Crippen LogP contribution in [0.25, 0.3) is 16.8 Å². The van der Waals surface area contributed by atoms with E-state index in [1.54, 1.807) is 24.8 Å². The first kappa shape index (κ1) is 27.8. The number of piperidine rings is 1. The van der Waals surface area contributed by atoms with Gasteiger partial charge < -0.3 is 20.7 Å². The first-order chi connectivity index (χ1) is 20.5. The van der Waals surface area contributed by atoms with Gasteiger partial charge in [-0.15, -0.1) is 0 Å². The first-order valence-corrected chi connectivity index (χ1v) is 14.5. The molecule has 0 radical (unpaired) electrons. The van der Waals surface area contributed by atoms with Crippen LogP contribution >= 0.6 is 0 Å². The second kappa shape index (κ2) is 12.7. The van der Waals surface area contributed by atoms with Gasteiger partial charge in [0.05, 0.1) is 53.7 Å². The third kappa shape index (κ3) is 6.27. The summed E-state index contributed by atoms with van der Waals surface area (Å²) in [6.07, 6.45) is 18.6. The molecule has 5 heterocycles. The Labute approximate surface area is 244 Å². The number of aromatic nitrogens is 5. The quantitative estimate of drug-likeness (QED) is 0.292. The van der Waals surface area contributed by atoms with Crippen molar-refractivity contribution in [3.63, 3.8) is 0 Å². The van der Waals surface area contributed by atoms with Crippen molar-refractivity contribution in [3.05, 3.63) is 78.1 Å². The van der Waals surface area contributed by atoms with Crippen LogP contribution in [0.15, 0.2) is 66.8 Å². The summed E-state index contributed by atoms with van der Waals surface area (Å²) in [5.41, 5.74) is 5.90. The monoisotopic (exact) mass is 568 g/mol. The van der Waals surface area contributed by atoms with Gasteiger partial charge in [-0.3, -0.25) is 24.8 Å². The van der Waals surface area contributed by atoms with E-state index in [4.69, 9.17) is 4.74 Å². The van der Waals surface area contributed by atoms with Crippen LogP contribution < -0.4 is 16.0 Å². The number of amides is 2. The van der Waals surface area contributed by atoms with Gasteiger partial charge in [0, 0.05) is 37.1 Å². The largest absolute Gasteiger partial charge is 0.378 e. The summed E-state index contributed by atoms with van der Waals surface area (Å²) in [6.45, 7) is 4.03. The Bertz CT molecular complexity index is 1500. The maximum absolute atomic E-state index is 13.2. The molecule has 4 atom stereocenters. The smallest absolute Gasteiger partial charge is 0.255 e. The number of allylic oxidation sites excluding steroid dienone is 5. The highest BCUT2D eigenvalue weighted by atomic mass is 16.5. The van der Waals surface area contributed by atoms with E-state index in [-0.39, 0.29) is 29.9 Å². The number of H-pyrrole nitrogens is 2. The topological polar surface area (TPSA) is 150 Å². The Hall–Kier alpha value is -4.35. The van der Waals surface area contributed by atoms with Gasteiger partial charge in [0.1, 0.15) is 0 Å². The van der Waals surface area contributed by atoms with Crippen molar-refractivity contribution in [1.82, 2.24) is 36.0 Å². The molecule has 2 saturated heterocycles. The van der Waals surface area contributed by atoms with E-state index in [1.165, 1.54) is 5.57 Å². The van der Waals surface area contributed by atoms with Crippen LogP contribution in [0.2, 0.25) is 0 Å². The maximum Gasteiger partial charge on any atom is 0.255 e. The average molecular weight is 569 g/mol. The number of carbonyl (C=O) groups excluding carboxylic acids is 2. The molecule has 0 spiro atoms. The fourth-order valence-corrected chi connectivity index (χ4v) is 5.98. The molecule has 42 heavy (non-hydrogen) atoms. The number of rotatable bonds is 7. The number of anilines is 1. The number of nitrogens with zero attached hydrogens (tertiary/aromatic N) is 3. The maximum atomic E-state index is 13.2. The van der Waals surface area contributed by atoms with Crippen molar-refractivity contribution in [3.8, 4) is 11.3 Å². The molecule has 0 aromatic carbocycles. The first-order valence-electron chi connectivity index (χ1n) is 14.5. The summed E-state index contributed by atoms with van der Waals surface area (Å²) >= 11 is 0. The minimum atomic E-state index is -0.143. The molecule has 2 amide bonds. The van der Waals surface area contributed by atoms with Crippen LogP contribution in [0.3, 0.4) is 0 Å². The number of pyridine rings is 1. The lowest BCUT2D eigenvalue weighted by atomic mass is 9.85. The summed E-state index contributed by atoms with van der Waals surface area (Å²) in [4.78, 5) is 30.0. The van der Waals surface area contributed by atoms with Gasteiger partial charge in [0.15, 0.2) is 0 Å². The number of ether oxygens (including phenoxy) is 1. The molecular formula is C31H36N8O3. The van der Waals surface area contributed by atoms with Crippen molar-refractivity contribution >= 4 is 23.1 Å². The Morgan fingerprint density at radius 1 is 1.05 bits per heavy atom. The van der Waals surface area contributed by atoms with Crippen LogP contribution in [0.5, 0.6) is 0 Å². The fraction of sp³-hybridized carbons (Fsp3) is 0.387. The molecule has 3 aromatic rings. The molecule has 1 aliphatic carbocycles. The molecule has 0 bridgehead atoms. The van der Waals surface area contributed by atoms with Gasteiger partial charge in [-0.05, 0) is 56.2 Å². The van der Waals surface area contributed by atoms with E-state index in [2.05, 4.69) is 65.6 Å². The van der Waals surface area contributed by atoms with Gasteiger partial charge in [-0.2, -0.15) is 10.2 Å². The second-order valence-electron chi connectivity index (χ2n) is 11.2. The van der Waals surface area contributed by atoms with Crippen LogP contribution in [-0.4, -0.2) is 69.0 Å². The lowest BCUT2D eigenvalue weighted by molar-refractivity contribution is -0.119. The Kier molecular flexibility index (Phi) is 8.38. The van der Waals surface area contributed by atoms with E-state index in [0.717, 1.165) is 55.6 Å². The summed E-state index contributed by atoms with van der Waals surface area (Å²) in [6, 6.07) is 3.71. The van der Waals surface area contributed by atoms with Crippen molar-refractivity contribution in [1.29, 1.82) is 0 Å². The van der Waals surface area contributed by atoms with Crippen molar-refractivity contribution in [2.24, 2.45) is 11.8 Å². The van der Waals surface area contributed by atoms with E-state index < -0.39 is 0 Å². The Morgan fingerprint density at radius 2 is 1.88 bits per heavy atom. The summed E-state index contributed by atoms with van der Waals surface area (Å²) in [5.74, 6) is -0.00591. The van der Waals surface area contributed by atoms with Crippen molar-refractivity contribution in [2.75, 3.05) is 25.0 Å². The van der Waals surface area contributed by atoms with E-state index in [1.807, 2.05) is 19.1 Å². The number of hydrogen-bond acceptors (Lipinski definition) is 7. The van der Waals surface area contributed by atoms with E-state index >= 15 is 0 Å². The number of carbonyl (C=O) groups is 2. The molecule has 5 N–H and O–H groups in total. The second-order valence-corrected chi connectivity index (χ2v) is 11.2. The standard InChI is InChI=1S/C31H36N8O3/c1-19-12-24(18-42-19)30(40)37-27-17-35-39-29(27)21-6-2-4-20(5-3-7-21)23-13-25(15-33-14-23)36-31(41)26-16-34-38-28(26)22-8-10-32-11-9-22/h2,4,6-11,16-17,19,23-25,33H,3,5,12-15,18H2,1H3,(H,34,38)(H,35,39)(H,36,41)(H,37,40)/b6-2?,20-4-,21-7?/t19?,23?,24?,25-/m0/s1. The van der Waals surface area contributed by atoms with Gasteiger partial charge in [-0.1, -0.05) is 29.9 Å². The highest BCUT2D eigenvalue weighted by Crippen LogP contribution is 2.30. The normalized spacial score (nSPS) is 25.5. The zero-order valence-corrected chi connectivity index (χ0v) is 23.6. The molecule has 3 unspecified atom stereocenters. The van der Waals surface area contributed by atoms with Crippen LogP contribution in [-0.2, 0) is 9.53 Å². The van der Waals surface area contributed by atoms with Gasteiger partial charge >= 0.3 is 0 Å². The number of hydrogen-bond donors (Lipinski definition) is 5. The Balaban J connectivity index is 1.08. The fourth-order valence-electron chi connectivity index (χ4n) is 5.98. The third-order valence-electron chi connectivity index (χ3n) is 8.20. The molecule has 3 aromatic heterocycles. The van der Waals surface area contributed by atoms with Gasteiger partial charge in [0.25, 0.3) is 5.91 Å². The zero-order valence-electron chi connectivity index (χ0n) is 23.6. The zero-order chi connectivity index (χ0) is 28.9. The van der Waals surface area contributed by atoms with Gasteiger partial charge in [0.2, 0.25) is 5.91 Å². The van der Waals surface area contributed by atoms with Gasteiger partial charge in [-0.25, -0.2) is 0 Å². The number of aromatic amines is 2. The SMILES string of the molecule is CC1CC(C(=O)Nc2cn[nH]c2C2=CCC/C(C3CNC[C@@H](NC(=O)c4cn[nH]c4-c4ccncc4)C3)=C/C=C2)CO1. The van der Waals surface area contributed by atoms with E-state index in [9.17, 15) is 9.59 Å². The lowest BCUT2D eigenvalue weighted by Crippen LogP contribution is -2.49. The molecule has 2 aliphatic heterocycles. The highest BCUT2D eigenvalue weighted by molar-refractivity contribution is 6.00. The molecule has 6 rings (SSSR count). The molecule has 11 nitrogen and oxygen atoms in total. The minimum Gasteiger partial charge on any atom is -0.378 e. The lowest BCUT2D eigenvalue weighted by Gasteiger charge is -2.32. The molecule has 11 heteroatoms. The highest BCUT2D eigenvalue weighted by Gasteiger charge is 2.29. The molecule has 2 fully saturated rings. The third-order valence-corrected chi connectivity index (χ3v) is 8.20. The molecule has 3 aliphatic rings. The molecular weight excluding hydrogens is 532 g/mol. The van der Waals surface area contributed by atoms with Crippen LogP contribution in [0.1, 0.15) is 48.7 Å². The average Bonchev–Trinajstić information content (AvgIpc) is 3.75. The van der Waals surface area contributed by atoms with Crippen molar-refractivity contribution in [2.45, 2.75) is 44.8 Å². The molecule has 218 valence electrons. The predicted molar refractivity (Wildman–Crippen MR) is 159 cm³/mol. The summed E-state index contributed by atoms with van der Waals surface area (Å²) in [7, 11) is 0. The van der Waals surface area contributed by atoms with Crippen LogP contribution in [0.4, 0.5) is 5.69 Å². The van der Waals surface area contributed by atoms with Crippen LogP contribution in [0, 0.1) is 11.8 Å².